The molecule has 1 aromatic carbocycles. The lowest BCUT2D eigenvalue weighted by Gasteiger charge is -2.33. The van der Waals surface area contributed by atoms with Crippen molar-refractivity contribution in [1.82, 2.24) is 5.32 Å². The molecule has 2 rings (SSSR count). The lowest BCUT2D eigenvalue weighted by Crippen LogP contribution is -2.37. The van der Waals surface area contributed by atoms with Crippen LogP contribution in [0, 0.1) is 15.5 Å². The van der Waals surface area contributed by atoms with Crippen LogP contribution in [0.5, 0.6) is 5.75 Å². The molecule has 0 spiro atoms. The number of carbonyl (C=O) groups excluding carboxylic acids is 1. The van der Waals surface area contributed by atoms with Crippen molar-refractivity contribution in [3.8, 4) is 5.75 Å². The summed E-state index contributed by atoms with van der Waals surface area (Å²) in [7, 11) is 0. The maximum absolute atomic E-state index is 12.2. The molecule has 1 fully saturated rings. The molecule has 6 heteroatoms. The van der Waals surface area contributed by atoms with Gasteiger partial charge < -0.3 is 10.4 Å². The molecule has 114 valence electrons. The van der Waals surface area contributed by atoms with Crippen molar-refractivity contribution in [3.63, 3.8) is 0 Å². The van der Waals surface area contributed by atoms with Crippen molar-refractivity contribution in [2.45, 2.75) is 39.0 Å². The van der Waals surface area contributed by atoms with Gasteiger partial charge in [0.25, 0.3) is 11.6 Å². The zero-order chi connectivity index (χ0) is 15.5. The van der Waals surface area contributed by atoms with Gasteiger partial charge >= 0.3 is 0 Å². The summed E-state index contributed by atoms with van der Waals surface area (Å²) in [6, 6.07) is 3.49. The Morgan fingerprint density at radius 1 is 1.38 bits per heavy atom. The van der Waals surface area contributed by atoms with Crippen LogP contribution in [0.25, 0.3) is 0 Å². The minimum Gasteiger partial charge on any atom is -0.508 e. The van der Waals surface area contributed by atoms with Gasteiger partial charge in [-0.15, -0.1) is 0 Å². The number of benzene rings is 1. The van der Waals surface area contributed by atoms with Gasteiger partial charge in [0.15, 0.2) is 0 Å². The van der Waals surface area contributed by atoms with Crippen LogP contribution in [0.4, 0.5) is 5.69 Å². The number of rotatable bonds is 4. The molecule has 1 aromatic rings. The molecule has 1 aliphatic carbocycles. The second-order valence-corrected chi connectivity index (χ2v) is 6.01. The topological polar surface area (TPSA) is 92.5 Å². The van der Waals surface area contributed by atoms with E-state index in [9.17, 15) is 20.0 Å². The number of amides is 1. The minimum atomic E-state index is -0.614. The van der Waals surface area contributed by atoms with Gasteiger partial charge in [0.2, 0.25) is 0 Å². The predicted octanol–water partition coefficient (Wildman–Crippen LogP) is 3.00. The van der Waals surface area contributed by atoms with Gasteiger partial charge in [-0.3, -0.25) is 14.9 Å². The van der Waals surface area contributed by atoms with Crippen LogP contribution >= 0.6 is 0 Å². The summed E-state index contributed by atoms with van der Waals surface area (Å²) in [4.78, 5) is 22.5. The van der Waals surface area contributed by atoms with Crippen LogP contribution in [0.3, 0.4) is 0 Å². The fourth-order valence-electron chi connectivity index (χ4n) is 2.84. The highest BCUT2D eigenvalue weighted by Gasteiger charge is 2.28. The van der Waals surface area contributed by atoms with Crippen LogP contribution < -0.4 is 5.32 Å². The molecule has 0 heterocycles. The number of aromatic hydroxyl groups is 1. The van der Waals surface area contributed by atoms with Crippen LogP contribution in [-0.4, -0.2) is 22.5 Å². The monoisotopic (exact) mass is 292 g/mol. The van der Waals surface area contributed by atoms with Crippen LogP contribution in [-0.2, 0) is 0 Å². The number of carbonyl (C=O) groups is 1. The molecule has 1 saturated carbocycles. The Morgan fingerprint density at radius 3 is 2.67 bits per heavy atom. The molecule has 0 unspecified atom stereocenters. The Labute approximate surface area is 123 Å². The van der Waals surface area contributed by atoms with Crippen molar-refractivity contribution < 1.29 is 14.8 Å². The van der Waals surface area contributed by atoms with Gasteiger partial charge in [-0.25, -0.2) is 0 Å². The summed E-state index contributed by atoms with van der Waals surface area (Å²) in [5, 5.41) is 23.2. The van der Waals surface area contributed by atoms with Crippen LogP contribution in [0.1, 0.15) is 49.4 Å². The van der Waals surface area contributed by atoms with E-state index in [1.54, 1.807) is 0 Å². The maximum atomic E-state index is 12.2. The lowest BCUT2D eigenvalue weighted by molar-refractivity contribution is -0.385. The molecule has 1 aliphatic rings. The molecule has 0 aromatic heterocycles. The second-order valence-electron chi connectivity index (χ2n) is 6.01. The Morgan fingerprint density at radius 2 is 2.05 bits per heavy atom. The standard InChI is InChI=1S/C15H20N2O4/c1-15(7-3-2-4-8-15)10-16-14(19)12-9-11(18)5-6-13(12)17(20)21/h5-6,9,18H,2-4,7-8,10H2,1H3,(H,16,19). The van der Waals surface area contributed by atoms with E-state index in [2.05, 4.69) is 12.2 Å². The average molecular weight is 292 g/mol. The first kappa shape index (κ1) is 15.3. The van der Waals surface area contributed by atoms with E-state index in [4.69, 9.17) is 0 Å². The van der Waals surface area contributed by atoms with Crippen molar-refractivity contribution in [1.29, 1.82) is 0 Å². The van der Waals surface area contributed by atoms with Crippen LogP contribution in [0.2, 0.25) is 0 Å². The van der Waals surface area contributed by atoms with Crippen LogP contribution in [0.15, 0.2) is 18.2 Å². The maximum Gasteiger partial charge on any atom is 0.282 e. The summed E-state index contributed by atoms with van der Waals surface area (Å²) in [6.07, 6.45) is 5.63. The number of nitro benzene ring substituents is 1. The third-order valence-electron chi connectivity index (χ3n) is 4.16. The molecule has 0 radical (unpaired) electrons. The van der Waals surface area contributed by atoms with E-state index in [0.717, 1.165) is 37.8 Å². The van der Waals surface area contributed by atoms with Crippen molar-refractivity contribution >= 4 is 11.6 Å². The first-order valence-electron chi connectivity index (χ1n) is 7.17. The number of phenolic OH excluding ortho intramolecular Hbond substituents is 1. The van der Waals surface area contributed by atoms with E-state index in [1.807, 2.05) is 0 Å². The highest BCUT2D eigenvalue weighted by atomic mass is 16.6. The number of nitrogens with zero attached hydrogens (tertiary/aromatic N) is 1. The Bertz CT molecular complexity index is 551. The van der Waals surface area contributed by atoms with Gasteiger partial charge in [0.05, 0.1) is 4.92 Å². The second kappa shape index (κ2) is 6.11. The summed E-state index contributed by atoms with van der Waals surface area (Å²) < 4.78 is 0. The third kappa shape index (κ3) is 3.71. The number of nitro groups is 1. The van der Waals surface area contributed by atoms with E-state index in [1.165, 1.54) is 12.5 Å². The molecule has 6 nitrogen and oxygen atoms in total. The van der Waals surface area contributed by atoms with Gasteiger partial charge in [-0.2, -0.15) is 0 Å². The van der Waals surface area contributed by atoms with E-state index >= 15 is 0 Å². The molecular formula is C15H20N2O4. The van der Waals surface area contributed by atoms with Gasteiger partial charge in [-0.05, 0) is 30.4 Å². The Balaban J connectivity index is 2.09. The SMILES string of the molecule is CC1(CNC(=O)c2cc(O)ccc2[N+](=O)[O-])CCCCC1. The van der Waals surface area contributed by atoms with Crippen molar-refractivity contribution in [2.24, 2.45) is 5.41 Å². The number of nitrogens with one attached hydrogen (secondary N) is 1. The zero-order valence-electron chi connectivity index (χ0n) is 12.1. The Kier molecular flexibility index (Phi) is 4.45. The van der Waals surface area contributed by atoms with E-state index in [0.29, 0.717) is 6.54 Å². The Hall–Kier alpha value is -2.11. The smallest absolute Gasteiger partial charge is 0.282 e. The molecule has 1 amide bonds. The summed E-state index contributed by atoms with van der Waals surface area (Å²) in [5.41, 5.74) is -0.335. The molecule has 2 N–H and O–H groups in total. The largest absolute Gasteiger partial charge is 0.508 e. The number of hydrogen-bond acceptors (Lipinski definition) is 4. The highest BCUT2D eigenvalue weighted by molar-refractivity contribution is 5.98. The zero-order valence-corrected chi connectivity index (χ0v) is 12.1. The number of hydrogen-bond donors (Lipinski definition) is 2. The summed E-state index contributed by atoms with van der Waals surface area (Å²) in [5.74, 6) is -0.668. The first-order chi connectivity index (χ1) is 9.91. The highest BCUT2D eigenvalue weighted by Crippen LogP contribution is 2.35. The van der Waals surface area contributed by atoms with E-state index in [-0.39, 0.29) is 22.4 Å². The molecule has 0 atom stereocenters. The summed E-state index contributed by atoms with van der Waals surface area (Å²) in [6.45, 7) is 2.63. The molecule has 0 bridgehead atoms. The van der Waals surface area contributed by atoms with Gasteiger partial charge in [-0.1, -0.05) is 26.2 Å². The molecular weight excluding hydrogens is 272 g/mol. The minimum absolute atomic E-state index is 0.0551. The lowest BCUT2D eigenvalue weighted by atomic mass is 9.76. The fourth-order valence-corrected chi connectivity index (χ4v) is 2.84. The summed E-state index contributed by atoms with van der Waals surface area (Å²) >= 11 is 0. The van der Waals surface area contributed by atoms with Crippen molar-refractivity contribution in [3.05, 3.63) is 33.9 Å². The van der Waals surface area contributed by atoms with Gasteiger partial charge in [0, 0.05) is 12.6 Å². The van der Waals surface area contributed by atoms with Gasteiger partial charge in [0.1, 0.15) is 11.3 Å². The average Bonchev–Trinajstić information content (AvgIpc) is 2.45. The quantitative estimate of drug-likeness (QED) is 0.659. The molecule has 21 heavy (non-hydrogen) atoms. The predicted molar refractivity (Wildman–Crippen MR) is 78.3 cm³/mol. The third-order valence-corrected chi connectivity index (χ3v) is 4.16. The molecule has 0 aliphatic heterocycles. The fraction of sp³-hybridized carbons (Fsp3) is 0.533. The van der Waals surface area contributed by atoms with E-state index < -0.39 is 10.8 Å². The first-order valence-corrected chi connectivity index (χ1v) is 7.17. The molecule has 0 saturated heterocycles. The normalized spacial score (nSPS) is 17.2. The number of phenols is 1. The van der Waals surface area contributed by atoms with Crippen molar-refractivity contribution in [2.75, 3.05) is 6.54 Å².